The van der Waals surface area contributed by atoms with E-state index in [-0.39, 0.29) is 24.8 Å². The summed E-state index contributed by atoms with van der Waals surface area (Å²) in [4.78, 5) is 31.3. The molecule has 1 aliphatic heterocycles. The van der Waals surface area contributed by atoms with Gasteiger partial charge < -0.3 is 10.4 Å². The average Bonchev–Trinajstić information content (AvgIpc) is 3.00. The van der Waals surface area contributed by atoms with Gasteiger partial charge in [0.1, 0.15) is 5.25 Å². The van der Waals surface area contributed by atoms with Crippen molar-refractivity contribution in [1.29, 1.82) is 0 Å². The van der Waals surface area contributed by atoms with Crippen LogP contribution in [0.25, 0.3) is 0 Å². The Balaban J connectivity index is 1.65. The Morgan fingerprint density at radius 3 is 2.46 bits per heavy atom. The Bertz CT molecular complexity index is 827. The summed E-state index contributed by atoms with van der Waals surface area (Å²) in [6, 6.07) is 19.0. The molecule has 1 aliphatic rings. The van der Waals surface area contributed by atoms with Crippen LogP contribution in [0.1, 0.15) is 18.4 Å². The zero-order chi connectivity index (χ0) is 19.8. The fourth-order valence-corrected chi connectivity index (χ4v) is 3.99. The van der Waals surface area contributed by atoms with Crippen LogP contribution in [0.5, 0.6) is 0 Å². The highest BCUT2D eigenvalue weighted by Crippen LogP contribution is 2.31. The van der Waals surface area contributed by atoms with Gasteiger partial charge >= 0.3 is 0 Å². The average molecular weight is 398 g/mol. The van der Waals surface area contributed by atoms with Crippen LogP contribution in [-0.2, 0) is 16.1 Å². The highest BCUT2D eigenvalue weighted by molar-refractivity contribution is 8.15. The minimum atomic E-state index is -0.503. The molecule has 0 radical (unpaired) electrons. The maximum Gasteiger partial charge on any atom is 0.242 e. The van der Waals surface area contributed by atoms with Crippen molar-refractivity contribution in [3.05, 3.63) is 66.2 Å². The molecule has 0 aromatic heterocycles. The summed E-state index contributed by atoms with van der Waals surface area (Å²) < 4.78 is 0. The lowest BCUT2D eigenvalue weighted by Crippen LogP contribution is -2.35. The molecule has 146 valence electrons. The van der Waals surface area contributed by atoms with Crippen LogP contribution in [0.2, 0.25) is 0 Å². The fourth-order valence-electron chi connectivity index (χ4n) is 2.81. The molecule has 0 bridgehead atoms. The second-order valence-corrected chi connectivity index (χ2v) is 7.54. The first-order valence-corrected chi connectivity index (χ1v) is 10.1. The second-order valence-electron chi connectivity index (χ2n) is 6.37. The minimum Gasteiger partial charge on any atom is -0.396 e. The summed E-state index contributed by atoms with van der Waals surface area (Å²) >= 11 is 1.31. The van der Waals surface area contributed by atoms with Crippen molar-refractivity contribution < 1.29 is 14.7 Å². The lowest BCUT2D eigenvalue weighted by atomic mass is 10.2. The summed E-state index contributed by atoms with van der Waals surface area (Å²) in [5.74, 6) is -0.305. The van der Waals surface area contributed by atoms with Gasteiger partial charge in [-0.25, -0.2) is 4.99 Å². The van der Waals surface area contributed by atoms with E-state index in [4.69, 9.17) is 5.11 Å². The number of nitrogens with one attached hydrogen (secondary N) is 1. The van der Waals surface area contributed by atoms with Crippen LogP contribution in [0.4, 0.5) is 5.69 Å². The number of nitrogens with zero attached hydrogens (tertiary/aromatic N) is 2. The molecular weight excluding hydrogens is 374 g/mol. The monoisotopic (exact) mass is 397 g/mol. The number of carbonyl (C=O) groups excluding carboxylic acids is 2. The number of hydrogen-bond donors (Lipinski definition) is 2. The molecule has 2 N–H and O–H groups in total. The standard InChI is InChI=1S/C21H23N3O3S/c25-13-7-12-24-20(27)18(28-21(24)23-17-10-5-2-6-11-17)14-19(26)22-15-16-8-3-1-4-9-16/h1-6,8-11,18,25H,7,12-15H2,(H,22,26)/t18-/m0/s1. The Labute approximate surface area is 168 Å². The van der Waals surface area contributed by atoms with Crippen LogP contribution in [0, 0.1) is 0 Å². The molecule has 1 atom stereocenters. The first kappa shape index (κ1) is 20.1. The summed E-state index contributed by atoms with van der Waals surface area (Å²) in [7, 11) is 0. The van der Waals surface area contributed by atoms with Crippen LogP contribution in [0.3, 0.4) is 0 Å². The number of amides is 2. The summed E-state index contributed by atoms with van der Waals surface area (Å²) in [6.45, 7) is 0.815. The van der Waals surface area contributed by atoms with E-state index >= 15 is 0 Å². The van der Waals surface area contributed by atoms with Gasteiger partial charge in [0.2, 0.25) is 11.8 Å². The number of aliphatic imine (C=N–C) groups is 1. The molecule has 7 heteroatoms. The summed E-state index contributed by atoms with van der Waals surface area (Å²) in [5, 5.41) is 12.1. The van der Waals surface area contributed by atoms with Gasteiger partial charge in [-0.05, 0) is 24.1 Å². The topological polar surface area (TPSA) is 82.0 Å². The SMILES string of the molecule is O=C(C[C@@H]1SC(=Nc2ccccc2)N(CCCO)C1=O)NCc1ccccc1. The van der Waals surface area contributed by atoms with Crippen molar-refractivity contribution >= 4 is 34.4 Å². The molecule has 2 aromatic carbocycles. The van der Waals surface area contributed by atoms with Crippen molar-refractivity contribution in [1.82, 2.24) is 10.2 Å². The van der Waals surface area contributed by atoms with Gasteiger partial charge in [-0.1, -0.05) is 60.3 Å². The third-order valence-electron chi connectivity index (χ3n) is 4.24. The quantitative estimate of drug-likeness (QED) is 0.718. The number of aliphatic hydroxyl groups excluding tert-OH is 1. The molecule has 1 heterocycles. The maximum atomic E-state index is 12.8. The third kappa shape index (κ3) is 5.43. The van der Waals surface area contributed by atoms with E-state index in [1.165, 1.54) is 11.8 Å². The molecule has 1 saturated heterocycles. The number of benzene rings is 2. The molecule has 3 rings (SSSR count). The number of para-hydroxylation sites is 1. The Hall–Kier alpha value is -2.64. The minimum absolute atomic E-state index is 0.00467. The van der Waals surface area contributed by atoms with Crippen molar-refractivity contribution in [2.75, 3.05) is 13.2 Å². The van der Waals surface area contributed by atoms with Gasteiger partial charge in [-0.2, -0.15) is 0 Å². The predicted octanol–water partition coefficient (Wildman–Crippen LogP) is 2.71. The first-order valence-electron chi connectivity index (χ1n) is 9.20. The zero-order valence-electron chi connectivity index (χ0n) is 15.5. The Kier molecular flexibility index (Phi) is 7.22. The highest BCUT2D eigenvalue weighted by Gasteiger charge is 2.38. The van der Waals surface area contributed by atoms with Gasteiger partial charge in [0.25, 0.3) is 0 Å². The molecule has 0 saturated carbocycles. The van der Waals surface area contributed by atoms with Gasteiger partial charge in [-0.15, -0.1) is 0 Å². The second kappa shape index (κ2) is 10.1. The van der Waals surface area contributed by atoms with E-state index in [0.29, 0.717) is 24.7 Å². The summed E-state index contributed by atoms with van der Waals surface area (Å²) in [6.07, 6.45) is 0.562. The number of hydrogen-bond acceptors (Lipinski definition) is 5. The van der Waals surface area contributed by atoms with Crippen LogP contribution in [-0.4, -0.2) is 45.4 Å². The molecule has 0 spiro atoms. The smallest absolute Gasteiger partial charge is 0.242 e. The number of carbonyl (C=O) groups is 2. The van der Waals surface area contributed by atoms with Crippen molar-refractivity contribution in [2.45, 2.75) is 24.6 Å². The highest BCUT2D eigenvalue weighted by atomic mass is 32.2. The molecule has 6 nitrogen and oxygen atoms in total. The van der Waals surface area contributed by atoms with Crippen molar-refractivity contribution in [3.8, 4) is 0 Å². The predicted molar refractivity (Wildman–Crippen MR) is 111 cm³/mol. The number of rotatable bonds is 8. The molecule has 0 unspecified atom stereocenters. The number of aliphatic hydroxyl groups is 1. The molecule has 28 heavy (non-hydrogen) atoms. The zero-order valence-corrected chi connectivity index (χ0v) is 16.3. The van der Waals surface area contributed by atoms with E-state index in [1.807, 2.05) is 60.7 Å². The van der Waals surface area contributed by atoms with Gasteiger partial charge in [0.05, 0.1) is 5.69 Å². The first-order chi connectivity index (χ1) is 13.7. The lowest BCUT2D eigenvalue weighted by Gasteiger charge is -2.15. The normalized spacial score (nSPS) is 17.9. The molecule has 1 fully saturated rings. The fraction of sp³-hybridized carbons (Fsp3) is 0.286. The third-order valence-corrected chi connectivity index (χ3v) is 5.42. The Morgan fingerprint density at radius 2 is 1.79 bits per heavy atom. The molecule has 2 aromatic rings. The Morgan fingerprint density at radius 1 is 1.11 bits per heavy atom. The van der Waals surface area contributed by atoms with Crippen molar-refractivity contribution in [2.24, 2.45) is 4.99 Å². The molecule has 0 aliphatic carbocycles. The van der Waals surface area contributed by atoms with Crippen molar-refractivity contribution in [3.63, 3.8) is 0 Å². The van der Waals surface area contributed by atoms with E-state index in [1.54, 1.807) is 4.90 Å². The summed E-state index contributed by atoms with van der Waals surface area (Å²) in [5.41, 5.74) is 1.76. The van der Waals surface area contributed by atoms with E-state index in [9.17, 15) is 9.59 Å². The molecular formula is C21H23N3O3S. The van der Waals surface area contributed by atoms with E-state index in [0.717, 1.165) is 11.3 Å². The van der Waals surface area contributed by atoms with E-state index < -0.39 is 5.25 Å². The van der Waals surface area contributed by atoms with Gasteiger partial charge in [0, 0.05) is 26.1 Å². The van der Waals surface area contributed by atoms with Crippen LogP contribution < -0.4 is 5.32 Å². The van der Waals surface area contributed by atoms with Gasteiger partial charge in [-0.3, -0.25) is 14.5 Å². The van der Waals surface area contributed by atoms with Crippen LogP contribution in [0.15, 0.2) is 65.7 Å². The number of amidine groups is 1. The van der Waals surface area contributed by atoms with Gasteiger partial charge in [0.15, 0.2) is 5.17 Å². The molecule has 2 amide bonds. The maximum absolute atomic E-state index is 12.8. The largest absolute Gasteiger partial charge is 0.396 e. The lowest BCUT2D eigenvalue weighted by molar-refractivity contribution is -0.129. The van der Waals surface area contributed by atoms with Crippen LogP contribution >= 0.6 is 11.8 Å². The number of thioether (sulfide) groups is 1. The van der Waals surface area contributed by atoms with E-state index in [2.05, 4.69) is 10.3 Å².